The van der Waals surface area contributed by atoms with Crippen LogP contribution < -0.4 is 25.4 Å². The molecule has 0 aromatic heterocycles. The van der Waals surface area contributed by atoms with Gasteiger partial charge in [0.15, 0.2) is 17.5 Å². The molecule has 2 aromatic carbocycles. The summed E-state index contributed by atoms with van der Waals surface area (Å²) in [5.74, 6) is 2.09. The lowest BCUT2D eigenvalue weighted by Gasteiger charge is -2.15. The van der Waals surface area contributed by atoms with Crippen LogP contribution >= 0.6 is 24.0 Å². The Balaban J connectivity index is 0.00000363. The van der Waals surface area contributed by atoms with Gasteiger partial charge in [0.1, 0.15) is 0 Å². The minimum absolute atomic E-state index is 0. The molecule has 0 atom stereocenters. The van der Waals surface area contributed by atoms with Crippen LogP contribution in [-0.4, -0.2) is 37.7 Å². The lowest BCUT2D eigenvalue weighted by atomic mass is 10.1. The summed E-state index contributed by atoms with van der Waals surface area (Å²) in [5.41, 5.74) is 3.18. The number of hydrogen-bond donors (Lipinski definition) is 3. The van der Waals surface area contributed by atoms with Crippen LogP contribution in [0.15, 0.2) is 47.5 Å². The van der Waals surface area contributed by atoms with Gasteiger partial charge < -0.3 is 25.4 Å². The summed E-state index contributed by atoms with van der Waals surface area (Å²) < 4.78 is 11.5. The zero-order chi connectivity index (χ0) is 22.1. The molecule has 174 valence electrons. The highest BCUT2D eigenvalue weighted by Gasteiger charge is 2.12. The first kappa shape index (κ1) is 25.8. The highest BCUT2D eigenvalue weighted by Crippen LogP contribution is 2.32. The number of anilines is 1. The second-order valence-electron chi connectivity index (χ2n) is 7.83. The number of nitrogens with one attached hydrogen (secondary N) is 3. The largest absolute Gasteiger partial charge is 0.490 e. The van der Waals surface area contributed by atoms with Gasteiger partial charge in [-0.05, 0) is 44.0 Å². The van der Waals surface area contributed by atoms with E-state index >= 15 is 0 Å². The first-order valence-corrected chi connectivity index (χ1v) is 10.8. The van der Waals surface area contributed by atoms with Crippen molar-refractivity contribution in [3.63, 3.8) is 0 Å². The molecular formula is C24H33IN4O3. The molecule has 1 heterocycles. The van der Waals surface area contributed by atoms with Crippen molar-refractivity contribution >= 4 is 41.5 Å². The summed E-state index contributed by atoms with van der Waals surface area (Å²) in [4.78, 5) is 16.7. The third-order valence-electron chi connectivity index (χ3n) is 4.77. The van der Waals surface area contributed by atoms with E-state index in [0.717, 1.165) is 29.2 Å². The maximum absolute atomic E-state index is 12.0. The van der Waals surface area contributed by atoms with E-state index in [1.807, 2.05) is 44.2 Å². The minimum atomic E-state index is 0. The second kappa shape index (κ2) is 13.1. The fourth-order valence-corrected chi connectivity index (χ4v) is 3.16. The number of nitrogens with zero attached hydrogens (tertiary/aromatic N) is 1. The lowest BCUT2D eigenvalue weighted by Crippen LogP contribution is -2.36. The normalized spacial score (nSPS) is 13.1. The molecule has 0 spiro atoms. The smallest absolute Gasteiger partial charge is 0.221 e. The quantitative estimate of drug-likeness (QED) is 0.272. The highest BCUT2D eigenvalue weighted by molar-refractivity contribution is 14.0. The highest BCUT2D eigenvalue weighted by atomic mass is 127. The molecule has 0 radical (unpaired) electrons. The van der Waals surface area contributed by atoms with Gasteiger partial charge in [0, 0.05) is 37.2 Å². The average Bonchev–Trinajstić information content (AvgIpc) is 2.97. The first-order valence-electron chi connectivity index (χ1n) is 10.8. The summed E-state index contributed by atoms with van der Waals surface area (Å²) >= 11 is 0. The van der Waals surface area contributed by atoms with Gasteiger partial charge in [0.25, 0.3) is 0 Å². The number of ether oxygens (including phenoxy) is 2. The molecule has 1 aliphatic heterocycles. The fraction of sp³-hybridized carbons (Fsp3) is 0.417. The van der Waals surface area contributed by atoms with E-state index in [9.17, 15) is 4.79 Å². The fourth-order valence-electron chi connectivity index (χ4n) is 3.16. The van der Waals surface area contributed by atoms with Crippen molar-refractivity contribution in [2.75, 3.05) is 25.1 Å². The van der Waals surface area contributed by atoms with E-state index in [-0.39, 0.29) is 35.9 Å². The predicted octanol–water partition coefficient (Wildman–Crippen LogP) is 4.25. The molecule has 0 bridgehead atoms. The Morgan fingerprint density at radius 3 is 2.59 bits per heavy atom. The van der Waals surface area contributed by atoms with Crippen LogP contribution in [0.25, 0.3) is 0 Å². The van der Waals surface area contributed by atoms with Crippen molar-refractivity contribution in [2.45, 2.75) is 46.2 Å². The second-order valence-corrected chi connectivity index (χ2v) is 7.83. The topological polar surface area (TPSA) is 84.0 Å². The molecule has 1 amide bonds. The van der Waals surface area contributed by atoms with Crippen LogP contribution in [0.2, 0.25) is 0 Å². The summed E-state index contributed by atoms with van der Waals surface area (Å²) in [5, 5.41) is 9.49. The molecule has 2 aromatic rings. The van der Waals surface area contributed by atoms with Gasteiger partial charge in [-0.1, -0.05) is 24.3 Å². The van der Waals surface area contributed by atoms with E-state index < -0.39 is 0 Å². The number of carbonyl (C=O) groups excluding carboxylic acids is 1. The standard InChI is InChI=1S/C24H32N4O3.HI/c1-17(2)27-23(29)11-12-25-24(26-16-19-8-5-4-7-18(19)3)28-20-9-10-21-22(15-20)31-14-6-13-30-21;/h4-5,7-10,15,17H,6,11-14,16H2,1-3H3,(H,27,29)(H2,25,26,28);1H. The Morgan fingerprint density at radius 2 is 1.84 bits per heavy atom. The number of carbonyl (C=O) groups is 1. The van der Waals surface area contributed by atoms with Crippen LogP contribution in [0.5, 0.6) is 11.5 Å². The lowest BCUT2D eigenvalue weighted by molar-refractivity contribution is -0.121. The van der Waals surface area contributed by atoms with Gasteiger partial charge in [0.2, 0.25) is 5.91 Å². The number of halogens is 1. The Bertz CT molecular complexity index is 918. The van der Waals surface area contributed by atoms with Crippen LogP contribution in [0.3, 0.4) is 0 Å². The van der Waals surface area contributed by atoms with Gasteiger partial charge in [-0.25, -0.2) is 4.99 Å². The third kappa shape index (κ3) is 8.22. The predicted molar refractivity (Wildman–Crippen MR) is 139 cm³/mol. The van der Waals surface area contributed by atoms with Crippen molar-refractivity contribution in [3.05, 3.63) is 53.6 Å². The minimum Gasteiger partial charge on any atom is -0.490 e. The van der Waals surface area contributed by atoms with Crippen LogP contribution in [0.1, 0.15) is 37.8 Å². The molecule has 8 heteroatoms. The SMILES string of the molecule is Cc1ccccc1CN=C(NCCC(=O)NC(C)C)Nc1ccc2c(c1)OCCCO2.I. The zero-order valence-corrected chi connectivity index (χ0v) is 21.3. The van der Waals surface area contributed by atoms with E-state index in [4.69, 9.17) is 14.5 Å². The van der Waals surface area contributed by atoms with E-state index in [1.165, 1.54) is 5.56 Å². The van der Waals surface area contributed by atoms with Crippen molar-refractivity contribution < 1.29 is 14.3 Å². The van der Waals surface area contributed by atoms with Crippen molar-refractivity contribution in [1.29, 1.82) is 0 Å². The molecule has 0 saturated heterocycles. The number of aliphatic imine (C=N–C) groups is 1. The Labute approximate surface area is 207 Å². The van der Waals surface area contributed by atoms with Gasteiger partial charge in [-0.2, -0.15) is 0 Å². The number of hydrogen-bond acceptors (Lipinski definition) is 4. The molecule has 3 N–H and O–H groups in total. The van der Waals surface area contributed by atoms with Crippen LogP contribution in [-0.2, 0) is 11.3 Å². The molecule has 3 rings (SSSR count). The number of fused-ring (bicyclic) bond motifs is 1. The molecular weight excluding hydrogens is 519 g/mol. The zero-order valence-electron chi connectivity index (χ0n) is 18.9. The molecule has 1 aliphatic rings. The van der Waals surface area contributed by atoms with Crippen LogP contribution in [0, 0.1) is 6.92 Å². The Kier molecular flexibility index (Phi) is 10.6. The molecule has 0 fully saturated rings. The number of rotatable bonds is 7. The Morgan fingerprint density at radius 1 is 1.09 bits per heavy atom. The number of amides is 1. The van der Waals surface area contributed by atoms with Gasteiger partial charge in [0.05, 0.1) is 19.8 Å². The molecule has 0 aliphatic carbocycles. The Hall–Kier alpha value is -2.49. The van der Waals surface area contributed by atoms with Gasteiger partial charge in [-0.3, -0.25) is 4.79 Å². The monoisotopic (exact) mass is 552 g/mol. The van der Waals surface area contributed by atoms with Crippen molar-refractivity contribution in [1.82, 2.24) is 10.6 Å². The number of guanidine groups is 1. The molecule has 32 heavy (non-hydrogen) atoms. The van der Waals surface area contributed by atoms with E-state index in [1.54, 1.807) is 0 Å². The first-order chi connectivity index (χ1) is 15.0. The van der Waals surface area contributed by atoms with Crippen molar-refractivity contribution in [3.8, 4) is 11.5 Å². The molecule has 0 unspecified atom stereocenters. The van der Waals surface area contributed by atoms with Gasteiger partial charge >= 0.3 is 0 Å². The van der Waals surface area contributed by atoms with Crippen molar-refractivity contribution in [2.24, 2.45) is 4.99 Å². The number of benzene rings is 2. The molecule has 0 saturated carbocycles. The summed E-state index contributed by atoms with van der Waals surface area (Å²) in [6.07, 6.45) is 1.23. The maximum Gasteiger partial charge on any atom is 0.221 e. The summed E-state index contributed by atoms with van der Waals surface area (Å²) in [7, 11) is 0. The van der Waals surface area contributed by atoms with E-state index in [0.29, 0.717) is 38.7 Å². The van der Waals surface area contributed by atoms with E-state index in [2.05, 4.69) is 35.0 Å². The van der Waals surface area contributed by atoms with Gasteiger partial charge in [-0.15, -0.1) is 24.0 Å². The average molecular weight is 552 g/mol. The summed E-state index contributed by atoms with van der Waals surface area (Å²) in [6, 6.07) is 14.1. The third-order valence-corrected chi connectivity index (χ3v) is 4.77. The maximum atomic E-state index is 12.0. The number of aryl methyl sites for hydroxylation is 1. The summed E-state index contributed by atoms with van der Waals surface area (Å²) in [6.45, 7) is 8.27. The molecule has 7 nitrogen and oxygen atoms in total. The van der Waals surface area contributed by atoms with Crippen LogP contribution in [0.4, 0.5) is 5.69 Å².